The van der Waals surface area contributed by atoms with Crippen molar-refractivity contribution in [3.8, 4) is 5.75 Å². The first kappa shape index (κ1) is 26.6. The Labute approximate surface area is 190 Å². The number of aromatic hydroxyl groups is 1. The molecule has 9 heteroatoms. The Morgan fingerprint density at radius 3 is 2.45 bits per heavy atom. The number of carbonyl (C=O) groups is 3. The van der Waals surface area contributed by atoms with E-state index in [0.717, 1.165) is 12.8 Å². The SMILES string of the molecule is CCCCNC(=O)C(c1cccc(C)c1O)N(C)C(=O)C(CS)NC(=O)OC(C)(C)C. The number of aryl methyl sites for hydroxylation is 1. The fourth-order valence-electron chi connectivity index (χ4n) is 2.92. The molecule has 0 spiro atoms. The largest absolute Gasteiger partial charge is 0.507 e. The normalized spacial score (nSPS) is 13.1. The Morgan fingerprint density at radius 2 is 1.90 bits per heavy atom. The van der Waals surface area contributed by atoms with Gasteiger partial charge in [-0.15, -0.1) is 0 Å². The van der Waals surface area contributed by atoms with Gasteiger partial charge in [0.2, 0.25) is 11.8 Å². The van der Waals surface area contributed by atoms with Crippen LogP contribution in [0.15, 0.2) is 18.2 Å². The number of thiol groups is 1. The molecule has 1 aromatic carbocycles. The van der Waals surface area contributed by atoms with Crippen LogP contribution in [0.4, 0.5) is 4.79 Å². The van der Waals surface area contributed by atoms with Crippen molar-refractivity contribution >= 4 is 30.5 Å². The van der Waals surface area contributed by atoms with Crippen molar-refractivity contribution in [1.29, 1.82) is 0 Å². The lowest BCUT2D eigenvalue weighted by atomic mass is 10.00. The van der Waals surface area contributed by atoms with Crippen LogP contribution >= 0.6 is 12.6 Å². The number of hydrogen-bond donors (Lipinski definition) is 4. The van der Waals surface area contributed by atoms with Gasteiger partial charge in [0.1, 0.15) is 23.4 Å². The topological polar surface area (TPSA) is 108 Å². The van der Waals surface area contributed by atoms with E-state index < -0.39 is 35.6 Å². The maximum absolute atomic E-state index is 13.2. The molecule has 1 rings (SSSR count). The first-order valence-electron chi connectivity index (χ1n) is 10.4. The monoisotopic (exact) mass is 453 g/mol. The molecule has 1 aromatic rings. The van der Waals surface area contributed by atoms with E-state index >= 15 is 0 Å². The Balaban J connectivity index is 3.18. The summed E-state index contributed by atoms with van der Waals surface area (Å²) in [6, 6.07) is 2.94. The van der Waals surface area contributed by atoms with Crippen molar-refractivity contribution in [2.75, 3.05) is 19.3 Å². The first-order valence-corrected chi connectivity index (χ1v) is 11.0. The van der Waals surface area contributed by atoms with Gasteiger partial charge in [0.05, 0.1) is 0 Å². The number of alkyl carbamates (subject to hydrolysis) is 1. The lowest BCUT2D eigenvalue weighted by Gasteiger charge is -2.31. The highest BCUT2D eigenvalue weighted by Crippen LogP contribution is 2.31. The molecule has 31 heavy (non-hydrogen) atoms. The number of hydrogen-bond acceptors (Lipinski definition) is 6. The van der Waals surface area contributed by atoms with E-state index in [1.807, 2.05) is 6.92 Å². The van der Waals surface area contributed by atoms with E-state index in [9.17, 15) is 19.5 Å². The second-order valence-electron chi connectivity index (χ2n) is 8.39. The van der Waals surface area contributed by atoms with Crippen LogP contribution in [0.25, 0.3) is 0 Å². The van der Waals surface area contributed by atoms with Crippen LogP contribution in [0.5, 0.6) is 5.75 Å². The number of phenols is 1. The number of amides is 3. The standard InChI is InChI=1S/C22H35N3O5S/c1-7-8-12-23-19(27)17(15-11-9-10-14(2)18(15)26)25(6)20(28)16(13-31)24-21(29)30-22(3,4)5/h9-11,16-17,26,31H,7-8,12-13H2,1-6H3,(H,23,27)(H,24,29). The van der Waals surface area contributed by atoms with Crippen LogP contribution < -0.4 is 10.6 Å². The first-order chi connectivity index (χ1) is 14.4. The fourth-order valence-corrected chi connectivity index (χ4v) is 3.17. The van der Waals surface area contributed by atoms with Crippen LogP contribution in [-0.4, -0.2) is 58.9 Å². The van der Waals surface area contributed by atoms with Gasteiger partial charge in [0.25, 0.3) is 0 Å². The molecule has 0 heterocycles. The van der Waals surface area contributed by atoms with Crippen molar-refractivity contribution in [3.05, 3.63) is 29.3 Å². The number of phenolic OH excluding ortho intramolecular Hbond substituents is 1. The quantitative estimate of drug-likeness (QED) is 0.340. The number of unbranched alkanes of at least 4 members (excludes halogenated alkanes) is 1. The summed E-state index contributed by atoms with van der Waals surface area (Å²) >= 11 is 4.18. The van der Waals surface area contributed by atoms with E-state index in [0.29, 0.717) is 17.7 Å². The van der Waals surface area contributed by atoms with Crippen LogP contribution in [0, 0.1) is 6.92 Å². The highest BCUT2D eigenvalue weighted by molar-refractivity contribution is 7.80. The lowest BCUT2D eigenvalue weighted by molar-refractivity contribution is -0.140. The van der Waals surface area contributed by atoms with Crippen LogP contribution in [0.1, 0.15) is 57.7 Å². The molecule has 2 atom stereocenters. The number of nitrogens with zero attached hydrogens (tertiary/aromatic N) is 1. The average Bonchev–Trinajstić information content (AvgIpc) is 2.67. The van der Waals surface area contributed by atoms with Gasteiger partial charge >= 0.3 is 6.09 Å². The predicted molar refractivity (Wildman–Crippen MR) is 123 cm³/mol. The van der Waals surface area contributed by atoms with Crippen molar-refractivity contribution < 1.29 is 24.2 Å². The number of benzene rings is 1. The molecule has 0 aromatic heterocycles. The van der Waals surface area contributed by atoms with Crippen LogP contribution in [0.3, 0.4) is 0 Å². The molecule has 0 aliphatic heterocycles. The highest BCUT2D eigenvalue weighted by Gasteiger charge is 2.35. The molecule has 3 N–H and O–H groups in total. The van der Waals surface area contributed by atoms with Crippen LogP contribution in [0.2, 0.25) is 0 Å². The number of likely N-dealkylation sites (N-methyl/N-ethyl adjacent to an activating group) is 1. The zero-order valence-electron chi connectivity index (χ0n) is 19.2. The zero-order chi connectivity index (χ0) is 23.8. The average molecular weight is 454 g/mol. The van der Waals surface area contributed by atoms with Gasteiger partial charge in [-0.3, -0.25) is 9.59 Å². The van der Waals surface area contributed by atoms with Crippen molar-refractivity contribution in [2.24, 2.45) is 0 Å². The molecule has 8 nitrogen and oxygen atoms in total. The van der Waals surface area contributed by atoms with Gasteiger partial charge in [-0.05, 0) is 39.7 Å². The van der Waals surface area contributed by atoms with Gasteiger partial charge in [0, 0.05) is 24.9 Å². The molecule has 0 aliphatic rings. The smallest absolute Gasteiger partial charge is 0.408 e. The summed E-state index contributed by atoms with van der Waals surface area (Å²) in [5, 5.41) is 15.9. The molecule has 0 aliphatic carbocycles. The van der Waals surface area contributed by atoms with E-state index in [4.69, 9.17) is 4.74 Å². The molecule has 2 unspecified atom stereocenters. The van der Waals surface area contributed by atoms with Gasteiger partial charge in [-0.25, -0.2) is 4.79 Å². The maximum Gasteiger partial charge on any atom is 0.408 e. The van der Waals surface area contributed by atoms with E-state index in [1.165, 1.54) is 11.9 Å². The Kier molecular flexibility index (Phi) is 10.2. The number of para-hydroxylation sites is 1. The number of ether oxygens (including phenoxy) is 1. The summed E-state index contributed by atoms with van der Waals surface area (Å²) in [5.74, 6) is -0.995. The van der Waals surface area contributed by atoms with Gasteiger partial charge in [0.15, 0.2) is 0 Å². The molecular formula is C22H35N3O5S. The van der Waals surface area contributed by atoms with E-state index in [-0.39, 0.29) is 11.5 Å². The minimum absolute atomic E-state index is 0.00634. The zero-order valence-corrected chi connectivity index (χ0v) is 20.1. The molecule has 0 saturated heterocycles. The van der Waals surface area contributed by atoms with Crippen molar-refractivity contribution in [1.82, 2.24) is 15.5 Å². The summed E-state index contributed by atoms with van der Waals surface area (Å²) in [6.45, 7) is 9.32. The molecule has 0 fully saturated rings. The molecule has 0 bridgehead atoms. The van der Waals surface area contributed by atoms with Gasteiger partial charge in [-0.1, -0.05) is 31.5 Å². The van der Waals surface area contributed by atoms with Crippen molar-refractivity contribution in [3.63, 3.8) is 0 Å². The third-order valence-corrected chi connectivity index (χ3v) is 4.91. The Bertz CT molecular complexity index is 779. The summed E-state index contributed by atoms with van der Waals surface area (Å²) in [4.78, 5) is 39.5. The maximum atomic E-state index is 13.2. The van der Waals surface area contributed by atoms with E-state index in [1.54, 1.807) is 45.9 Å². The summed E-state index contributed by atoms with van der Waals surface area (Å²) in [7, 11) is 1.46. The third-order valence-electron chi connectivity index (χ3n) is 4.55. The molecular weight excluding hydrogens is 418 g/mol. The third kappa shape index (κ3) is 7.97. The van der Waals surface area contributed by atoms with Crippen LogP contribution in [-0.2, 0) is 14.3 Å². The number of rotatable bonds is 9. The highest BCUT2D eigenvalue weighted by atomic mass is 32.1. The minimum atomic E-state index is -1.08. The second kappa shape index (κ2) is 11.8. The Hall–Kier alpha value is -2.42. The lowest BCUT2D eigenvalue weighted by Crippen LogP contribution is -2.52. The fraction of sp³-hybridized carbons (Fsp3) is 0.591. The summed E-state index contributed by atoms with van der Waals surface area (Å²) in [5.41, 5.74) is 0.164. The minimum Gasteiger partial charge on any atom is -0.507 e. The van der Waals surface area contributed by atoms with Crippen molar-refractivity contribution in [2.45, 2.75) is 65.1 Å². The molecule has 3 amide bonds. The van der Waals surface area contributed by atoms with E-state index in [2.05, 4.69) is 23.3 Å². The van der Waals surface area contributed by atoms with Gasteiger partial charge in [-0.2, -0.15) is 12.6 Å². The predicted octanol–water partition coefficient (Wildman–Crippen LogP) is 2.94. The number of carbonyl (C=O) groups excluding carboxylic acids is 3. The number of nitrogens with one attached hydrogen (secondary N) is 2. The second-order valence-corrected chi connectivity index (χ2v) is 8.76. The Morgan fingerprint density at radius 1 is 1.26 bits per heavy atom. The molecule has 174 valence electrons. The molecule has 0 saturated carbocycles. The molecule has 0 radical (unpaired) electrons. The summed E-state index contributed by atoms with van der Waals surface area (Å²) < 4.78 is 5.22. The van der Waals surface area contributed by atoms with Gasteiger partial charge < -0.3 is 25.4 Å². The summed E-state index contributed by atoms with van der Waals surface area (Å²) in [6.07, 6.45) is 0.933.